The van der Waals surface area contributed by atoms with Gasteiger partial charge < -0.3 is 25.4 Å². The largest absolute Gasteiger partial charge is 0.473 e. The van der Waals surface area contributed by atoms with Crippen molar-refractivity contribution in [3.05, 3.63) is 11.8 Å². The monoisotopic (exact) mass is 257 g/mol. The molecule has 102 valence electrons. The lowest BCUT2D eigenvalue weighted by Gasteiger charge is -2.22. The van der Waals surface area contributed by atoms with Crippen LogP contribution >= 0.6 is 0 Å². The SMILES string of the molecule is CC(C)(C)NCC(O)COc1cc(C(N)=O)on1. The topological polar surface area (TPSA) is 111 Å². The zero-order valence-corrected chi connectivity index (χ0v) is 10.8. The highest BCUT2D eigenvalue weighted by Crippen LogP contribution is 2.10. The second-order valence-corrected chi connectivity index (χ2v) is 4.99. The summed E-state index contributed by atoms with van der Waals surface area (Å²) >= 11 is 0. The summed E-state index contributed by atoms with van der Waals surface area (Å²) in [5.74, 6) is -0.668. The highest BCUT2D eigenvalue weighted by atomic mass is 16.5. The average Bonchev–Trinajstić information content (AvgIpc) is 2.71. The van der Waals surface area contributed by atoms with Crippen molar-refractivity contribution in [1.82, 2.24) is 10.5 Å². The van der Waals surface area contributed by atoms with Crippen LogP contribution in [0.4, 0.5) is 0 Å². The van der Waals surface area contributed by atoms with Gasteiger partial charge >= 0.3 is 0 Å². The fourth-order valence-corrected chi connectivity index (χ4v) is 1.11. The molecule has 0 bridgehead atoms. The van der Waals surface area contributed by atoms with Crippen molar-refractivity contribution in [2.75, 3.05) is 13.2 Å². The fourth-order valence-electron chi connectivity index (χ4n) is 1.11. The van der Waals surface area contributed by atoms with Crippen molar-refractivity contribution in [1.29, 1.82) is 0 Å². The van der Waals surface area contributed by atoms with Crippen LogP contribution in [0.15, 0.2) is 10.6 Å². The molecule has 0 spiro atoms. The number of carbonyl (C=O) groups is 1. The van der Waals surface area contributed by atoms with Gasteiger partial charge in [0.25, 0.3) is 11.8 Å². The molecular formula is C11H19N3O4. The summed E-state index contributed by atoms with van der Waals surface area (Å²) in [5, 5.41) is 16.3. The number of nitrogens with zero attached hydrogens (tertiary/aromatic N) is 1. The Morgan fingerprint density at radius 3 is 2.83 bits per heavy atom. The molecule has 1 atom stereocenters. The number of ether oxygens (including phenoxy) is 1. The normalized spacial score (nSPS) is 13.3. The summed E-state index contributed by atoms with van der Waals surface area (Å²) in [6.07, 6.45) is -0.682. The lowest BCUT2D eigenvalue weighted by molar-refractivity contribution is 0.0939. The van der Waals surface area contributed by atoms with Gasteiger partial charge in [-0.05, 0) is 25.9 Å². The van der Waals surface area contributed by atoms with Gasteiger partial charge in [-0.15, -0.1) is 0 Å². The molecular weight excluding hydrogens is 238 g/mol. The molecule has 7 nitrogen and oxygen atoms in total. The van der Waals surface area contributed by atoms with Crippen LogP contribution in [-0.4, -0.2) is 41.0 Å². The first kappa shape index (κ1) is 14.5. The van der Waals surface area contributed by atoms with E-state index in [9.17, 15) is 9.90 Å². The smallest absolute Gasteiger partial charge is 0.287 e. The second-order valence-electron chi connectivity index (χ2n) is 4.99. The van der Waals surface area contributed by atoms with Crippen molar-refractivity contribution >= 4 is 5.91 Å². The number of carbonyl (C=O) groups excluding carboxylic acids is 1. The molecule has 0 aromatic carbocycles. The maximum Gasteiger partial charge on any atom is 0.287 e. The third-order valence-electron chi connectivity index (χ3n) is 2.02. The Bertz CT molecular complexity index is 397. The molecule has 18 heavy (non-hydrogen) atoms. The molecule has 0 saturated heterocycles. The number of hydrogen-bond acceptors (Lipinski definition) is 6. The van der Waals surface area contributed by atoms with Gasteiger partial charge in [-0.25, -0.2) is 0 Å². The van der Waals surface area contributed by atoms with E-state index in [-0.39, 0.29) is 23.8 Å². The molecule has 0 aliphatic heterocycles. The van der Waals surface area contributed by atoms with Gasteiger partial charge in [0.1, 0.15) is 12.7 Å². The molecule has 0 saturated carbocycles. The maximum atomic E-state index is 10.7. The quantitative estimate of drug-likeness (QED) is 0.656. The van der Waals surface area contributed by atoms with Crippen LogP contribution < -0.4 is 15.8 Å². The minimum absolute atomic E-state index is 0.0494. The van der Waals surface area contributed by atoms with Crippen LogP contribution in [0, 0.1) is 0 Å². The third-order valence-corrected chi connectivity index (χ3v) is 2.02. The molecule has 0 aliphatic rings. The van der Waals surface area contributed by atoms with E-state index in [1.54, 1.807) is 0 Å². The number of β-amino-alcohol motifs (C(OH)–C–C–N with tert-alkyl or cyclic N) is 1. The molecule has 0 fully saturated rings. The zero-order chi connectivity index (χ0) is 13.8. The third kappa shape index (κ3) is 5.15. The van der Waals surface area contributed by atoms with Gasteiger partial charge in [-0.3, -0.25) is 4.79 Å². The number of hydrogen-bond donors (Lipinski definition) is 3. The Hall–Kier alpha value is -1.60. The van der Waals surface area contributed by atoms with Crippen LogP contribution in [-0.2, 0) is 0 Å². The highest BCUT2D eigenvalue weighted by molar-refractivity contribution is 5.89. The number of aliphatic hydroxyl groups is 1. The van der Waals surface area contributed by atoms with Crippen LogP contribution in [0.5, 0.6) is 5.88 Å². The van der Waals surface area contributed by atoms with Crippen LogP contribution in [0.2, 0.25) is 0 Å². The van der Waals surface area contributed by atoms with Crippen LogP contribution in [0.25, 0.3) is 0 Å². The van der Waals surface area contributed by atoms with Gasteiger partial charge in [-0.1, -0.05) is 0 Å². The molecule has 7 heteroatoms. The van der Waals surface area contributed by atoms with Crippen molar-refractivity contribution in [3.8, 4) is 5.88 Å². The van der Waals surface area contributed by atoms with E-state index in [0.29, 0.717) is 6.54 Å². The number of aliphatic hydroxyl groups excluding tert-OH is 1. The number of amides is 1. The zero-order valence-electron chi connectivity index (χ0n) is 10.8. The Morgan fingerprint density at radius 2 is 2.33 bits per heavy atom. The van der Waals surface area contributed by atoms with Gasteiger partial charge in [0.05, 0.1) is 6.07 Å². The Kier molecular flexibility index (Phi) is 4.69. The average molecular weight is 257 g/mol. The molecule has 4 N–H and O–H groups in total. The van der Waals surface area contributed by atoms with Crippen LogP contribution in [0.1, 0.15) is 31.3 Å². The molecule has 0 radical (unpaired) electrons. The van der Waals surface area contributed by atoms with Crippen molar-refractivity contribution < 1.29 is 19.2 Å². The van der Waals surface area contributed by atoms with Gasteiger partial charge in [0, 0.05) is 12.1 Å². The predicted octanol–water partition coefficient (Wildman–Crippen LogP) is -0.0987. The van der Waals surface area contributed by atoms with Crippen LogP contribution in [0.3, 0.4) is 0 Å². The Balaban J connectivity index is 2.33. The number of aromatic nitrogens is 1. The summed E-state index contributed by atoms with van der Waals surface area (Å²) in [4.78, 5) is 10.7. The first-order valence-corrected chi connectivity index (χ1v) is 5.60. The van der Waals surface area contributed by atoms with E-state index < -0.39 is 12.0 Å². The molecule has 1 aromatic rings. The van der Waals surface area contributed by atoms with E-state index in [0.717, 1.165) is 0 Å². The molecule has 1 heterocycles. The van der Waals surface area contributed by atoms with E-state index in [1.807, 2.05) is 20.8 Å². The van der Waals surface area contributed by atoms with Crippen molar-refractivity contribution in [2.24, 2.45) is 5.73 Å². The first-order valence-electron chi connectivity index (χ1n) is 5.60. The van der Waals surface area contributed by atoms with Gasteiger partial charge in [0.15, 0.2) is 0 Å². The maximum absolute atomic E-state index is 10.7. The number of nitrogens with two attached hydrogens (primary N) is 1. The summed E-state index contributed by atoms with van der Waals surface area (Å²) < 4.78 is 9.79. The summed E-state index contributed by atoms with van der Waals surface area (Å²) in [6, 6.07) is 1.28. The van der Waals surface area contributed by atoms with E-state index in [4.69, 9.17) is 10.5 Å². The minimum atomic E-state index is -0.715. The summed E-state index contributed by atoms with van der Waals surface area (Å²) in [6.45, 7) is 6.43. The Labute approximate surface area is 105 Å². The van der Waals surface area contributed by atoms with E-state index in [2.05, 4.69) is 15.0 Å². The Morgan fingerprint density at radius 1 is 1.67 bits per heavy atom. The number of primary amides is 1. The summed E-state index contributed by atoms with van der Waals surface area (Å²) in [7, 11) is 0. The summed E-state index contributed by atoms with van der Waals surface area (Å²) in [5.41, 5.74) is 4.92. The molecule has 1 unspecified atom stereocenters. The molecule has 1 amide bonds. The lowest BCUT2D eigenvalue weighted by Crippen LogP contribution is -2.42. The lowest BCUT2D eigenvalue weighted by atomic mass is 10.1. The highest BCUT2D eigenvalue weighted by Gasteiger charge is 2.14. The minimum Gasteiger partial charge on any atom is -0.473 e. The second kappa shape index (κ2) is 5.83. The number of rotatable bonds is 6. The first-order chi connectivity index (χ1) is 8.28. The van der Waals surface area contributed by atoms with Crippen molar-refractivity contribution in [2.45, 2.75) is 32.4 Å². The van der Waals surface area contributed by atoms with E-state index >= 15 is 0 Å². The van der Waals surface area contributed by atoms with Gasteiger partial charge in [0.2, 0.25) is 5.76 Å². The van der Waals surface area contributed by atoms with Crippen molar-refractivity contribution in [3.63, 3.8) is 0 Å². The number of nitrogens with one attached hydrogen (secondary N) is 1. The standard InChI is InChI=1S/C11H19N3O4/c1-11(2,3)13-5-7(15)6-17-9-4-8(10(12)16)18-14-9/h4,7,13,15H,5-6H2,1-3H3,(H2,12,16). The predicted molar refractivity (Wildman–Crippen MR) is 64.3 cm³/mol. The van der Waals surface area contributed by atoms with Gasteiger partial charge in [-0.2, -0.15) is 0 Å². The molecule has 1 rings (SSSR count). The molecule has 1 aromatic heterocycles. The molecule has 0 aliphatic carbocycles. The fraction of sp³-hybridized carbons (Fsp3) is 0.636. The van der Waals surface area contributed by atoms with E-state index in [1.165, 1.54) is 6.07 Å².